The van der Waals surface area contributed by atoms with E-state index in [1.807, 2.05) is 54.6 Å². The molecule has 144 valence electrons. The Balaban J connectivity index is 1.47. The Morgan fingerprint density at radius 2 is 1.66 bits per heavy atom. The van der Waals surface area contributed by atoms with Crippen LogP contribution in [-0.4, -0.2) is 15.6 Å². The van der Waals surface area contributed by atoms with E-state index in [9.17, 15) is 9.90 Å². The average Bonchev–Trinajstić information content (AvgIpc) is 3.02. The van der Waals surface area contributed by atoms with E-state index in [4.69, 9.17) is 0 Å². The second kappa shape index (κ2) is 8.32. The lowest BCUT2D eigenvalue weighted by molar-refractivity contribution is 0.0995. The lowest BCUT2D eigenvalue weighted by Gasteiger charge is -2.02. The SMILES string of the molecule is Cn1c(O)c(N=NC(=O)c2ccc(CSc3ccccc3)cc2)c2ccccc21. The molecule has 1 amide bonds. The number of fused-ring (bicyclic) bond motifs is 1. The Morgan fingerprint density at radius 3 is 2.41 bits per heavy atom. The highest BCUT2D eigenvalue weighted by Gasteiger charge is 2.14. The number of aryl methyl sites for hydroxylation is 1. The van der Waals surface area contributed by atoms with Crippen LogP contribution in [0.4, 0.5) is 5.69 Å². The van der Waals surface area contributed by atoms with Crippen LogP contribution in [-0.2, 0) is 12.8 Å². The van der Waals surface area contributed by atoms with Gasteiger partial charge in [-0.2, -0.15) is 0 Å². The summed E-state index contributed by atoms with van der Waals surface area (Å²) in [6.07, 6.45) is 0. The van der Waals surface area contributed by atoms with Gasteiger partial charge in [0.05, 0.1) is 5.52 Å². The van der Waals surface area contributed by atoms with Gasteiger partial charge in [0.2, 0.25) is 5.88 Å². The number of aromatic hydroxyl groups is 1. The fraction of sp³-hybridized carbons (Fsp3) is 0.0870. The maximum Gasteiger partial charge on any atom is 0.295 e. The Labute approximate surface area is 172 Å². The number of carbonyl (C=O) groups is 1. The van der Waals surface area contributed by atoms with Gasteiger partial charge >= 0.3 is 0 Å². The largest absolute Gasteiger partial charge is 0.493 e. The Kier molecular flexibility index (Phi) is 5.44. The standard InChI is InChI=1S/C23H19N3O2S/c1-26-20-10-6-5-9-19(20)21(23(26)28)24-25-22(27)17-13-11-16(12-14-17)15-29-18-7-3-2-4-8-18/h2-14,28H,15H2,1H3. The second-order valence-electron chi connectivity index (χ2n) is 6.55. The van der Waals surface area contributed by atoms with E-state index in [0.29, 0.717) is 11.3 Å². The molecule has 4 rings (SSSR count). The van der Waals surface area contributed by atoms with Crippen LogP contribution in [0, 0.1) is 0 Å². The van der Waals surface area contributed by atoms with Crippen LogP contribution in [0.25, 0.3) is 10.9 Å². The average molecular weight is 401 g/mol. The van der Waals surface area contributed by atoms with Gasteiger partial charge in [-0.1, -0.05) is 48.5 Å². The van der Waals surface area contributed by atoms with Crippen molar-refractivity contribution in [1.29, 1.82) is 0 Å². The first-order chi connectivity index (χ1) is 14.1. The minimum absolute atomic E-state index is 0.0176. The number of carbonyl (C=O) groups excluding carboxylic acids is 1. The normalized spacial score (nSPS) is 11.3. The summed E-state index contributed by atoms with van der Waals surface area (Å²) < 4.78 is 1.62. The molecule has 29 heavy (non-hydrogen) atoms. The number of para-hydroxylation sites is 1. The molecule has 0 unspecified atom stereocenters. The predicted octanol–water partition coefficient (Wildman–Crippen LogP) is 6.10. The first kappa shape index (κ1) is 19.0. The second-order valence-corrected chi connectivity index (χ2v) is 7.60. The van der Waals surface area contributed by atoms with E-state index in [2.05, 4.69) is 22.4 Å². The van der Waals surface area contributed by atoms with Crippen LogP contribution in [0.1, 0.15) is 15.9 Å². The van der Waals surface area contributed by atoms with Gasteiger partial charge in [0.1, 0.15) is 0 Å². The first-order valence-electron chi connectivity index (χ1n) is 9.13. The zero-order valence-electron chi connectivity index (χ0n) is 15.8. The van der Waals surface area contributed by atoms with Crippen molar-refractivity contribution in [1.82, 2.24) is 4.57 Å². The highest BCUT2D eigenvalue weighted by molar-refractivity contribution is 7.98. The number of hydrogen-bond donors (Lipinski definition) is 1. The van der Waals surface area contributed by atoms with Crippen LogP contribution in [0.2, 0.25) is 0 Å². The lowest BCUT2D eigenvalue weighted by Crippen LogP contribution is -1.94. The van der Waals surface area contributed by atoms with Crippen LogP contribution in [0.15, 0.2) is 94.0 Å². The third-order valence-corrected chi connectivity index (χ3v) is 5.72. The summed E-state index contributed by atoms with van der Waals surface area (Å²) in [7, 11) is 1.74. The molecule has 0 aliphatic heterocycles. The third-order valence-electron chi connectivity index (χ3n) is 4.64. The van der Waals surface area contributed by atoms with Crippen molar-refractivity contribution in [2.24, 2.45) is 17.3 Å². The number of thioether (sulfide) groups is 1. The van der Waals surface area contributed by atoms with Crippen LogP contribution < -0.4 is 0 Å². The summed E-state index contributed by atoms with van der Waals surface area (Å²) in [6.45, 7) is 0. The molecule has 6 heteroatoms. The number of benzene rings is 3. The first-order valence-corrected chi connectivity index (χ1v) is 10.1. The summed E-state index contributed by atoms with van der Waals surface area (Å²) in [5, 5.41) is 18.9. The summed E-state index contributed by atoms with van der Waals surface area (Å²) in [4.78, 5) is 13.6. The zero-order valence-corrected chi connectivity index (χ0v) is 16.6. The maximum absolute atomic E-state index is 12.4. The number of azo groups is 1. The zero-order chi connectivity index (χ0) is 20.2. The molecule has 4 aromatic rings. The highest BCUT2D eigenvalue weighted by atomic mass is 32.2. The molecule has 5 nitrogen and oxygen atoms in total. The fourth-order valence-electron chi connectivity index (χ4n) is 3.04. The van der Waals surface area contributed by atoms with Gasteiger partial charge in [-0.05, 0) is 35.9 Å². The molecule has 3 aromatic carbocycles. The maximum atomic E-state index is 12.4. The molecule has 0 saturated carbocycles. The number of amides is 1. The van der Waals surface area contributed by atoms with Crippen LogP contribution >= 0.6 is 11.8 Å². The monoisotopic (exact) mass is 401 g/mol. The van der Waals surface area contributed by atoms with Crippen molar-refractivity contribution >= 4 is 34.3 Å². The summed E-state index contributed by atoms with van der Waals surface area (Å²) in [6, 6.07) is 25.0. The summed E-state index contributed by atoms with van der Waals surface area (Å²) in [5.74, 6) is 0.361. The fourth-order valence-corrected chi connectivity index (χ4v) is 3.91. The molecular formula is C23H19N3O2S. The number of aromatic nitrogens is 1. The van der Waals surface area contributed by atoms with Gasteiger partial charge in [-0.3, -0.25) is 4.79 Å². The predicted molar refractivity (Wildman–Crippen MR) is 116 cm³/mol. The van der Waals surface area contributed by atoms with E-state index in [-0.39, 0.29) is 5.88 Å². The van der Waals surface area contributed by atoms with Crippen LogP contribution in [0.5, 0.6) is 5.88 Å². The van der Waals surface area contributed by atoms with E-state index >= 15 is 0 Å². The Morgan fingerprint density at radius 1 is 0.966 bits per heavy atom. The topological polar surface area (TPSA) is 66.9 Å². The van der Waals surface area contributed by atoms with Gasteiger partial charge in [-0.15, -0.1) is 22.0 Å². The van der Waals surface area contributed by atoms with Crippen LogP contribution in [0.3, 0.4) is 0 Å². The molecular weight excluding hydrogens is 382 g/mol. The summed E-state index contributed by atoms with van der Waals surface area (Å²) >= 11 is 1.74. The molecule has 0 fully saturated rings. The summed E-state index contributed by atoms with van der Waals surface area (Å²) in [5.41, 5.74) is 2.71. The molecule has 0 saturated heterocycles. The Bertz CT molecular complexity index is 1180. The smallest absolute Gasteiger partial charge is 0.295 e. The third kappa shape index (κ3) is 4.07. The van der Waals surface area contributed by atoms with Gasteiger partial charge in [0.15, 0.2) is 5.69 Å². The molecule has 1 heterocycles. The lowest BCUT2D eigenvalue weighted by atomic mass is 10.1. The number of rotatable bonds is 5. The van der Waals surface area contributed by atoms with Gasteiger partial charge in [-0.25, -0.2) is 0 Å². The van der Waals surface area contributed by atoms with E-state index in [0.717, 1.165) is 22.2 Å². The number of nitrogens with zero attached hydrogens (tertiary/aromatic N) is 3. The molecule has 1 N–H and O–H groups in total. The van der Waals surface area contributed by atoms with Crippen molar-refractivity contribution in [3.8, 4) is 5.88 Å². The highest BCUT2D eigenvalue weighted by Crippen LogP contribution is 2.37. The van der Waals surface area contributed by atoms with Crippen molar-refractivity contribution in [3.63, 3.8) is 0 Å². The molecule has 0 aliphatic rings. The van der Waals surface area contributed by atoms with Gasteiger partial charge < -0.3 is 9.67 Å². The molecule has 0 atom stereocenters. The quantitative estimate of drug-likeness (QED) is 0.324. The molecule has 0 radical (unpaired) electrons. The van der Waals surface area contributed by atoms with Crippen molar-refractivity contribution in [3.05, 3.63) is 90.0 Å². The Hall–Kier alpha value is -3.38. The molecule has 0 aliphatic carbocycles. The minimum Gasteiger partial charge on any atom is -0.493 e. The van der Waals surface area contributed by atoms with Crippen molar-refractivity contribution in [2.45, 2.75) is 10.6 Å². The van der Waals surface area contributed by atoms with E-state index < -0.39 is 5.91 Å². The van der Waals surface area contributed by atoms with Gasteiger partial charge in [0.25, 0.3) is 5.91 Å². The van der Waals surface area contributed by atoms with Gasteiger partial charge in [0, 0.05) is 28.6 Å². The van der Waals surface area contributed by atoms with E-state index in [1.165, 1.54) is 4.90 Å². The number of hydrogen-bond acceptors (Lipinski definition) is 4. The molecule has 0 spiro atoms. The molecule has 1 aromatic heterocycles. The van der Waals surface area contributed by atoms with Crippen molar-refractivity contribution in [2.75, 3.05) is 0 Å². The van der Waals surface area contributed by atoms with Crippen molar-refractivity contribution < 1.29 is 9.90 Å². The van der Waals surface area contributed by atoms with E-state index in [1.54, 1.807) is 35.5 Å². The molecule has 0 bridgehead atoms. The minimum atomic E-state index is -0.445.